The number of thiazole rings is 3. The van der Waals surface area contributed by atoms with Crippen LogP contribution in [0.4, 0.5) is 0 Å². The van der Waals surface area contributed by atoms with E-state index in [9.17, 15) is 53.2 Å². The lowest BCUT2D eigenvalue weighted by molar-refractivity contribution is -0.142. The number of Topliss-reactive ketones (excluding diaryl/α,β-unsaturated/α-hetero) is 5. The Kier molecular flexibility index (Phi) is 54.1. The second kappa shape index (κ2) is 59.1. The number of carboxylic acid groups (broad SMARTS) is 1. The van der Waals surface area contributed by atoms with E-state index >= 15 is 0 Å². The van der Waals surface area contributed by atoms with Gasteiger partial charge in [0.05, 0.1) is 43.6 Å². The molecule has 5 atom stereocenters. The summed E-state index contributed by atoms with van der Waals surface area (Å²) in [5.41, 5.74) is 31.1. The molecule has 25 nitrogen and oxygen atoms in total. The third kappa shape index (κ3) is 40.0. The SMILES string of the molecule is CC(=O)C(=O)C(C)Br.CCCCCC(N)=O.CCCCCC(N)=S.CCCCCc1nc(C(=O)C[C@@H](CCN)C(=O)N(C)[C@@H]2C(=O)C[C@@H](C)C(=O)N[C@H](C(=O)CCC#N)Cc3ccc(OCCN)c(c3)-c3cc2ccc3OCCN)c(C)s1.CCCCCc1nc(C(=O)O)c(C)s1.CCCCCc1nc(C(=O)OCC)c(C)s1. The van der Waals surface area contributed by atoms with Gasteiger partial charge in [0, 0.05) is 96.8 Å². The number of aromatic nitrogens is 3. The van der Waals surface area contributed by atoms with Gasteiger partial charge >= 0.3 is 11.9 Å². The van der Waals surface area contributed by atoms with Crippen molar-refractivity contribution >= 4 is 126 Å². The number of likely N-dealkylation sites (N-methyl/N-ethyl adjacent to an activating group) is 1. The maximum atomic E-state index is 14.6. The number of aromatic carboxylic acids is 1. The van der Waals surface area contributed by atoms with E-state index in [-0.39, 0.29) is 111 Å². The van der Waals surface area contributed by atoms with Gasteiger partial charge in [-0.05, 0) is 147 Å². The number of fused-ring (bicyclic) bond motifs is 5. The minimum atomic E-state index is -1.20. The number of ether oxygens (including phenoxy) is 3. The van der Waals surface area contributed by atoms with E-state index in [2.05, 4.69) is 83.0 Å². The van der Waals surface area contributed by atoms with Crippen LogP contribution in [0.1, 0.15) is 282 Å². The minimum Gasteiger partial charge on any atom is -0.492 e. The highest BCUT2D eigenvalue weighted by Crippen LogP contribution is 2.41. The first kappa shape index (κ1) is 103. The summed E-state index contributed by atoms with van der Waals surface area (Å²) >= 11 is 12.3. The van der Waals surface area contributed by atoms with Crippen LogP contribution in [0.2, 0.25) is 0 Å². The molecule has 113 heavy (non-hydrogen) atoms. The zero-order valence-corrected chi connectivity index (χ0v) is 73.7. The topological polar surface area (TPSA) is 426 Å². The molecule has 0 radical (unpaired) electrons. The highest BCUT2D eigenvalue weighted by molar-refractivity contribution is 9.10. The monoisotopic (exact) mass is 1710 g/mol. The van der Waals surface area contributed by atoms with E-state index < -0.39 is 53.3 Å². The van der Waals surface area contributed by atoms with Gasteiger partial charge in [0.2, 0.25) is 23.5 Å². The van der Waals surface area contributed by atoms with Crippen molar-refractivity contribution in [1.29, 1.82) is 5.26 Å². The molecule has 628 valence electrons. The Balaban J connectivity index is 0.000000935. The molecule has 0 fully saturated rings. The van der Waals surface area contributed by atoms with Crippen molar-refractivity contribution in [3.05, 3.63) is 94.3 Å². The number of ketones is 5. The maximum absolute atomic E-state index is 14.6. The summed E-state index contributed by atoms with van der Waals surface area (Å²) in [5, 5.41) is 23.7. The van der Waals surface area contributed by atoms with Crippen molar-refractivity contribution in [3.8, 4) is 28.7 Å². The van der Waals surface area contributed by atoms with Crippen molar-refractivity contribution in [3.63, 3.8) is 0 Å². The van der Waals surface area contributed by atoms with Gasteiger partial charge in [-0.1, -0.05) is 146 Å². The molecule has 3 amide bonds. The second-order valence-corrected chi connectivity index (χ2v) is 33.2. The van der Waals surface area contributed by atoms with Crippen molar-refractivity contribution < 1.29 is 67.3 Å². The number of halogens is 1. The van der Waals surface area contributed by atoms with Crippen LogP contribution in [-0.4, -0.2) is 146 Å². The Morgan fingerprint density at radius 2 is 1.16 bits per heavy atom. The molecule has 5 aromatic rings. The largest absolute Gasteiger partial charge is 0.492 e. The molecule has 1 aliphatic heterocycles. The van der Waals surface area contributed by atoms with E-state index in [1.54, 1.807) is 55.5 Å². The molecule has 1 aliphatic rings. The summed E-state index contributed by atoms with van der Waals surface area (Å²) in [6.45, 7) is 24.0. The van der Waals surface area contributed by atoms with E-state index in [4.69, 9.17) is 48.0 Å². The smallest absolute Gasteiger partial charge is 0.358 e. The van der Waals surface area contributed by atoms with Gasteiger partial charge in [-0.2, -0.15) is 5.26 Å². The summed E-state index contributed by atoms with van der Waals surface area (Å²) in [6.07, 6.45) is 20.9. The first-order chi connectivity index (χ1) is 53.8. The third-order valence-electron chi connectivity index (χ3n) is 17.5. The van der Waals surface area contributed by atoms with Crippen LogP contribution in [-0.2, 0) is 64.0 Å². The molecular formula is C83H126BrN11O14S4. The normalized spacial score (nSPS) is 14.0. The number of nitrogens with zero attached hydrogens (tertiary/aromatic N) is 5. The van der Waals surface area contributed by atoms with Crippen LogP contribution < -0.4 is 43.5 Å². The Labute approximate surface area is 695 Å². The molecular weight excluding hydrogens is 1580 g/mol. The first-order valence-electron chi connectivity index (χ1n) is 39.5. The number of unbranched alkanes of at least 4 members (excludes halogenated alkanes) is 10. The van der Waals surface area contributed by atoms with Crippen LogP contribution in [0, 0.1) is 43.9 Å². The molecule has 0 spiro atoms. The lowest BCUT2D eigenvalue weighted by atomic mass is 9.88. The molecule has 0 saturated heterocycles. The van der Waals surface area contributed by atoms with E-state index in [0.717, 1.165) is 113 Å². The number of rotatable bonds is 41. The number of benzene rings is 2. The zero-order valence-electron chi connectivity index (χ0n) is 68.9. The average Bonchev–Trinajstić information content (AvgIpc) is 1.50. The van der Waals surface area contributed by atoms with Crippen LogP contribution >= 0.6 is 62.2 Å². The molecule has 2 aromatic carbocycles. The molecule has 6 rings (SSSR count). The van der Waals surface area contributed by atoms with Crippen LogP contribution in [0.5, 0.6) is 11.5 Å². The Morgan fingerprint density at radius 1 is 0.681 bits per heavy atom. The summed E-state index contributed by atoms with van der Waals surface area (Å²) in [5.74, 6) is -5.03. The fourth-order valence-corrected chi connectivity index (χ4v) is 14.8. The predicted octanol–water partition coefficient (Wildman–Crippen LogP) is 14.8. The molecule has 0 saturated carbocycles. The number of hydrogen-bond donors (Lipinski definition) is 7. The van der Waals surface area contributed by atoms with Gasteiger partial charge in [0.15, 0.2) is 34.5 Å². The Bertz CT molecular complexity index is 3810. The van der Waals surface area contributed by atoms with Crippen LogP contribution in [0.25, 0.3) is 11.1 Å². The molecule has 4 bridgehead atoms. The number of alkyl halides is 1. The third-order valence-corrected chi connectivity index (χ3v) is 21.2. The van der Waals surface area contributed by atoms with Gasteiger partial charge in [0.1, 0.15) is 36.4 Å². The molecule has 4 heterocycles. The standard InChI is InChI=1S/C44H59N7O7S.C12H19NO2S.C10H15NO2S.C6H13NO.C6H13NS.C5H7BrO2/c1-5-6-7-10-40-50-41(28(3)59-40)36(53)26-31(15-17-46)44(56)51(4)42-30-12-14-39(58-21-19-48)33(25-30)32-23-29(11-13-38(32)57-20-18-47)24-34(35(52)9-8-16-45)49-43(55)27(2)22-37(42)54;1-4-6-7-8-10-13-11(9(3)16-10)12(14)15-5-2;1-3-4-5-6-8-11-9(10(12)13)7(2)14-8;2*1-2-3-4-5-6(7)8;1-3(6)5(8)4(2)7/h11-14,23,25,27,31,34,42H,5-10,15,17-22,24,26,46-48H2,1-4H3,(H,49,55);4-8H2,1-3H3;3-6H2,1-2H3,(H,12,13);2*2-5H2,1H3,(H2,7,8);3H,1-2H3/t27-,31-,34+,42+;;;;;/m1...../s1. The number of esters is 1. The van der Waals surface area contributed by atoms with Gasteiger partial charge in [-0.25, -0.2) is 24.5 Å². The van der Waals surface area contributed by atoms with Gasteiger partial charge in [-0.15, -0.1) is 34.0 Å². The first-order valence-corrected chi connectivity index (χ1v) is 43.3. The number of aryl methyl sites for hydroxylation is 6. The summed E-state index contributed by atoms with van der Waals surface area (Å²) < 4.78 is 17.2. The fourth-order valence-electron chi connectivity index (χ4n) is 11.4. The highest BCUT2D eigenvalue weighted by atomic mass is 79.9. The second-order valence-electron chi connectivity index (χ2n) is 27.4. The molecule has 12 N–H and O–H groups in total. The number of amides is 3. The zero-order chi connectivity index (χ0) is 85.1. The number of primary amides is 1. The number of carbonyl (C=O) groups excluding carboxylic acids is 9. The number of nitriles is 1. The van der Waals surface area contributed by atoms with Crippen molar-refractivity contribution in [2.75, 3.05) is 46.5 Å². The molecule has 0 aliphatic carbocycles. The quantitative estimate of drug-likeness (QED) is 0.00477. The number of carboxylic acids is 1. The lowest BCUT2D eigenvalue weighted by Crippen LogP contribution is -2.46. The molecule has 30 heteroatoms. The molecule has 3 aromatic heterocycles. The fraction of sp³-hybridized carbons (Fsp3) is 0.602. The van der Waals surface area contributed by atoms with Crippen LogP contribution in [0.3, 0.4) is 0 Å². The minimum absolute atomic E-state index is 0.0206. The van der Waals surface area contributed by atoms with E-state index in [0.29, 0.717) is 63.2 Å². The number of thiocarbonyl (C=S) groups is 1. The average molecular weight is 1710 g/mol. The number of nitrogens with one attached hydrogen (secondary N) is 1. The maximum Gasteiger partial charge on any atom is 0.358 e. The lowest BCUT2D eigenvalue weighted by Gasteiger charge is -2.32. The highest BCUT2D eigenvalue weighted by Gasteiger charge is 2.37. The summed E-state index contributed by atoms with van der Waals surface area (Å²) in [4.78, 5) is 140. The van der Waals surface area contributed by atoms with E-state index in [1.807, 2.05) is 39.8 Å². The summed E-state index contributed by atoms with van der Waals surface area (Å²) in [7, 11) is 1.52. The summed E-state index contributed by atoms with van der Waals surface area (Å²) in [6, 6.07) is 10.4. The molecule has 1 unspecified atom stereocenters. The Morgan fingerprint density at radius 3 is 1.60 bits per heavy atom. The van der Waals surface area contributed by atoms with Crippen molar-refractivity contribution in [2.45, 2.75) is 267 Å². The number of nitrogens with two attached hydrogens (primary N) is 5. The van der Waals surface area contributed by atoms with Crippen molar-refractivity contribution in [1.82, 2.24) is 25.2 Å². The van der Waals surface area contributed by atoms with Gasteiger partial charge < -0.3 is 58.2 Å². The predicted molar refractivity (Wildman–Crippen MR) is 458 cm³/mol. The number of hydrogen-bond acceptors (Lipinski definition) is 24. The van der Waals surface area contributed by atoms with Crippen LogP contribution in [0.15, 0.2) is 36.4 Å². The van der Waals surface area contributed by atoms with Gasteiger partial charge in [-0.3, -0.25) is 38.4 Å². The number of carbonyl (C=O) groups is 10. The van der Waals surface area contributed by atoms with Crippen molar-refractivity contribution in [2.24, 2.45) is 40.5 Å². The van der Waals surface area contributed by atoms with Gasteiger partial charge in [0.25, 0.3) is 0 Å². The van der Waals surface area contributed by atoms with E-state index in [1.165, 1.54) is 80.1 Å². The Hall–Kier alpha value is -7.63.